The number of hydrogen-bond donors (Lipinski definition) is 0. The van der Waals surface area contributed by atoms with E-state index in [9.17, 15) is 14.9 Å². The van der Waals surface area contributed by atoms with Crippen LogP contribution >= 0.6 is 11.6 Å². The molecule has 154 valence electrons. The largest absolute Gasteiger partial charge is 0.362 e. The van der Waals surface area contributed by atoms with Crippen LogP contribution in [-0.4, -0.2) is 62.1 Å². The predicted molar refractivity (Wildman–Crippen MR) is 110 cm³/mol. The minimum Gasteiger partial charge on any atom is -0.362 e. The summed E-state index contributed by atoms with van der Waals surface area (Å²) in [5, 5.41) is 22.7. The van der Waals surface area contributed by atoms with E-state index in [1.807, 2.05) is 29.2 Å². The van der Waals surface area contributed by atoms with E-state index >= 15 is 0 Å². The number of benzene rings is 2. The lowest BCUT2D eigenvalue weighted by atomic mass is 10.1. The van der Waals surface area contributed by atoms with Crippen molar-refractivity contribution in [3.8, 4) is 5.69 Å². The van der Waals surface area contributed by atoms with E-state index in [1.165, 1.54) is 12.4 Å². The first-order valence-corrected chi connectivity index (χ1v) is 9.68. The molecule has 0 atom stereocenters. The Balaban J connectivity index is 1.36. The number of nitro groups is 1. The summed E-state index contributed by atoms with van der Waals surface area (Å²) in [6.45, 7) is 2.04. The van der Waals surface area contributed by atoms with Crippen molar-refractivity contribution >= 4 is 28.9 Å². The normalized spacial score (nSPS) is 14.0. The molecule has 0 radical (unpaired) electrons. The van der Waals surface area contributed by atoms with E-state index in [0.29, 0.717) is 36.9 Å². The summed E-state index contributed by atoms with van der Waals surface area (Å²) in [7, 11) is 0. The number of piperazine rings is 1. The number of carbonyl (C=O) groups excluding carboxylic acids is 1. The number of nitro benzene ring substituents is 1. The maximum absolute atomic E-state index is 12.7. The second-order valence-electron chi connectivity index (χ2n) is 6.86. The van der Waals surface area contributed by atoms with Crippen molar-refractivity contribution in [3.63, 3.8) is 0 Å². The van der Waals surface area contributed by atoms with E-state index < -0.39 is 4.92 Å². The van der Waals surface area contributed by atoms with Gasteiger partial charge >= 0.3 is 0 Å². The molecule has 2 heterocycles. The Bertz CT molecular complexity index is 1050. The fourth-order valence-corrected chi connectivity index (χ4v) is 3.61. The molecule has 0 N–H and O–H groups in total. The second-order valence-corrected chi connectivity index (χ2v) is 7.29. The molecular weight excluding hydrogens is 410 g/mol. The average Bonchev–Trinajstić information content (AvgIpc) is 3.29. The molecule has 4 rings (SSSR count). The third-order valence-corrected chi connectivity index (χ3v) is 5.25. The van der Waals surface area contributed by atoms with Crippen molar-refractivity contribution in [1.29, 1.82) is 0 Å². The van der Waals surface area contributed by atoms with Crippen LogP contribution in [0.15, 0.2) is 48.8 Å². The van der Waals surface area contributed by atoms with Crippen LogP contribution in [0.5, 0.6) is 0 Å². The van der Waals surface area contributed by atoms with Crippen molar-refractivity contribution in [2.75, 3.05) is 31.1 Å². The predicted octanol–water partition coefficient (Wildman–Crippen LogP) is 2.12. The molecule has 1 fully saturated rings. The van der Waals surface area contributed by atoms with E-state index in [1.54, 1.807) is 21.7 Å². The first kappa shape index (κ1) is 19.8. The molecule has 0 unspecified atom stereocenters. The highest BCUT2D eigenvalue weighted by molar-refractivity contribution is 6.30. The van der Waals surface area contributed by atoms with Crippen LogP contribution in [0.25, 0.3) is 5.69 Å². The highest BCUT2D eigenvalue weighted by Gasteiger charge is 2.26. The molecule has 1 aliphatic rings. The second kappa shape index (κ2) is 8.46. The number of anilines is 1. The van der Waals surface area contributed by atoms with Crippen LogP contribution in [0.2, 0.25) is 5.02 Å². The molecule has 0 saturated carbocycles. The summed E-state index contributed by atoms with van der Waals surface area (Å²) in [6.07, 6.45) is 1.79. The van der Waals surface area contributed by atoms with Gasteiger partial charge in [0.15, 0.2) is 0 Å². The topological polar surface area (TPSA) is 110 Å². The van der Waals surface area contributed by atoms with Gasteiger partial charge in [0.1, 0.15) is 12.0 Å². The van der Waals surface area contributed by atoms with E-state index in [2.05, 4.69) is 15.5 Å². The first-order valence-electron chi connectivity index (χ1n) is 9.30. The number of hydrogen-bond acceptors (Lipinski definition) is 7. The summed E-state index contributed by atoms with van der Waals surface area (Å²) in [4.78, 5) is 27.3. The van der Waals surface area contributed by atoms with Gasteiger partial charge in [0.2, 0.25) is 5.91 Å². The van der Waals surface area contributed by atoms with Crippen molar-refractivity contribution in [2.45, 2.75) is 6.42 Å². The Morgan fingerprint density at radius 3 is 2.47 bits per heavy atom. The number of halogens is 1. The maximum atomic E-state index is 12.7. The van der Waals surface area contributed by atoms with Crippen molar-refractivity contribution in [1.82, 2.24) is 25.1 Å². The molecular formula is C19H18ClN7O3. The molecule has 1 amide bonds. The number of amides is 1. The van der Waals surface area contributed by atoms with Crippen LogP contribution in [0, 0.1) is 10.1 Å². The van der Waals surface area contributed by atoms with Crippen LogP contribution in [0.4, 0.5) is 11.4 Å². The zero-order valence-electron chi connectivity index (χ0n) is 15.9. The fourth-order valence-electron chi connectivity index (χ4n) is 3.44. The Morgan fingerprint density at radius 1 is 1.10 bits per heavy atom. The maximum Gasteiger partial charge on any atom is 0.294 e. The van der Waals surface area contributed by atoms with Crippen LogP contribution in [0.3, 0.4) is 0 Å². The summed E-state index contributed by atoms with van der Waals surface area (Å²) in [5.41, 5.74) is 2.21. The summed E-state index contributed by atoms with van der Waals surface area (Å²) in [5.74, 6) is 0.0235. The quantitative estimate of drug-likeness (QED) is 0.453. The lowest BCUT2D eigenvalue weighted by molar-refractivity contribution is -0.384. The third kappa shape index (κ3) is 4.23. The van der Waals surface area contributed by atoms with Crippen LogP contribution in [0.1, 0.15) is 5.56 Å². The Kier molecular flexibility index (Phi) is 5.57. The molecule has 0 aliphatic carbocycles. The zero-order valence-corrected chi connectivity index (χ0v) is 16.6. The number of rotatable bonds is 5. The zero-order chi connectivity index (χ0) is 21.1. The van der Waals surface area contributed by atoms with Gasteiger partial charge in [0.05, 0.1) is 17.0 Å². The number of tetrazole rings is 1. The third-order valence-electron chi connectivity index (χ3n) is 5.01. The van der Waals surface area contributed by atoms with Crippen molar-refractivity contribution in [2.24, 2.45) is 0 Å². The Labute approximate surface area is 176 Å². The molecule has 1 aromatic heterocycles. The van der Waals surface area contributed by atoms with Gasteiger partial charge in [-0.1, -0.05) is 23.7 Å². The van der Waals surface area contributed by atoms with Gasteiger partial charge in [-0.2, -0.15) is 0 Å². The lowest BCUT2D eigenvalue weighted by Crippen LogP contribution is -2.49. The highest BCUT2D eigenvalue weighted by Crippen LogP contribution is 2.31. The number of nitrogens with zero attached hydrogens (tertiary/aromatic N) is 7. The molecule has 1 aliphatic heterocycles. The molecule has 2 aromatic carbocycles. The average molecular weight is 428 g/mol. The number of carbonyl (C=O) groups is 1. The SMILES string of the molecule is O=C(Cc1ccc(-n2cnnn2)cc1)N1CCN(c2ccc(Cl)cc2[N+](=O)[O-])CC1. The Morgan fingerprint density at radius 2 is 1.83 bits per heavy atom. The van der Waals surface area contributed by atoms with E-state index in [0.717, 1.165) is 11.3 Å². The monoisotopic (exact) mass is 427 g/mol. The van der Waals surface area contributed by atoms with Gasteiger partial charge in [-0.25, -0.2) is 4.68 Å². The number of aromatic nitrogens is 4. The van der Waals surface area contributed by atoms with Gasteiger partial charge in [0, 0.05) is 37.3 Å². The van der Waals surface area contributed by atoms with Crippen molar-refractivity contribution < 1.29 is 9.72 Å². The van der Waals surface area contributed by atoms with Gasteiger partial charge in [-0.3, -0.25) is 14.9 Å². The summed E-state index contributed by atoms with van der Waals surface area (Å²) in [6, 6.07) is 12.1. The molecule has 30 heavy (non-hydrogen) atoms. The molecule has 0 spiro atoms. The minimum atomic E-state index is -0.433. The molecule has 0 bridgehead atoms. The van der Waals surface area contributed by atoms with Crippen LogP contribution in [-0.2, 0) is 11.2 Å². The first-order chi connectivity index (χ1) is 14.5. The van der Waals surface area contributed by atoms with E-state index in [4.69, 9.17) is 11.6 Å². The fraction of sp³-hybridized carbons (Fsp3) is 0.263. The van der Waals surface area contributed by atoms with Gasteiger partial charge in [0.25, 0.3) is 5.69 Å². The molecule has 1 saturated heterocycles. The van der Waals surface area contributed by atoms with Gasteiger partial charge in [-0.15, -0.1) is 5.10 Å². The van der Waals surface area contributed by atoms with Crippen molar-refractivity contribution in [3.05, 3.63) is 69.5 Å². The summed E-state index contributed by atoms with van der Waals surface area (Å²) < 4.78 is 1.54. The summed E-state index contributed by atoms with van der Waals surface area (Å²) >= 11 is 5.89. The van der Waals surface area contributed by atoms with Gasteiger partial charge in [-0.05, 0) is 40.3 Å². The molecule has 11 heteroatoms. The Hall–Kier alpha value is -3.53. The van der Waals surface area contributed by atoms with Crippen LogP contribution < -0.4 is 4.90 Å². The minimum absolute atomic E-state index is 0.0232. The smallest absolute Gasteiger partial charge is 0.294 e. The molecule has 10 nitrogen and oxygen atoms in total. The van der Waals surface area contributed by atoms with E-state index in [-0.39, 0.29) is 18.0 Å². The standard InChI is InChI=1S/C19H18ClN7O3/c20-15-3-6-17(18(12-15)27(29)30)24-7-9-25(10-8-24)19(28)11-14-1-4-16(5-2-14)26-13-21-22-23-26/h1-6,12-13H,7-11H2. The highest BCUT2D eigenvalue weighted by atomic mass is 35.5. The van der Waals surface area contributed by atoms with Gasteiger partial charge < -0.3 is 9.80 Å². The lowest BCUT2D eigenvalue weighted by Gasteiger charge is -2.36. The molecule has 3 aromatic rings.